The zero-order valence-corrected chi connectivity index (χ0v) is 15.5. The van der Waals surface area contributed by atoms with Gasteiger partial charge in [0, 0.05) is 4.91 Å². The number of aliphatic hydroxyl groups excluding tert-OH is 1. The van der Waals surface area contributed by atoms with Crippen LogP contribution in [0.5, 0.6) is 0 Å². The number of azide groups is 1. The van der Waals surface area contributed by atoms with Crippen LogP contribution in [0.25, 0.3) is 10.4 Å². The molecular formula is C13H23N3O8S. The van der Waals surface area contributed by atoms with Crippen molar-refractivity contribution in [1.82, 2.24) is 0 Å². The summed E-state index contributed by atoms with van der Waals surface area (Å²) >= 11 is 0. The van der Waals surface area contributed by atoms with E-state index in [1.807, 2.05) is 0 Å². The molecule has 2 aliphatic heterocycles. The van der Waals surface area contributed by atoms with E-state index >= 15 is 0 Å². The van der Waals surface area contributed by atoms with Crippen molar-refractivity contribution in [2.45, 2.75) is 69.9 Å². The summed E-state index contributed by atoms with van der Waals surface area (Å²) in [6.45, 7) is 6.56. The normalized spacial score (nSPS) is 33.6. The lowest BCUT2D eigenvalue weighted by Crippen LogP contribution is -2.50. The summed E-state index contributed by atoms with van der Waals surface area (Å²) in [5, 5.41) is 13.3. The standard InChI is InChI=1S/C13H23N3O8S/c1-12(2)20-6-7(21-12)8(24-25(5,18)19)9-10(11(17)15-16-14)23-13(3,4)22-9/h7-11,17H,6H2,1-5H3/t7-,8-,9+,10+,11?/m1/s1. The fourth-order valence-corrected chi connectivity index (χ4v) is 3.47. The number of hydrogen-bond acceptors (Lipinski definition) is 9. The average molecular weight is 381 g/mol. The third kappa shape index (κ3) is 5.25. The van der Waals surface area contributed by atoms with Gasteiger partial charge in [0.2, 0.25) is 0 Å². The van der Waals surface area contributed by atoms with E-state index in [0.29, 0.717) is 0 Å². The van der Waals surface area contributed by atoms with Gasteiger partial charge in [0.15, 0.2) is 17.8 Å². The van der Waals surface area contributed by atoms with Crippen LogP contribution in [0.15, 0.2) is 5.11 Å². The molecule has 2 aliphatic rings. The highest BCUT2D eigenvalue weighted by Crippen LogP contribution is 2.37. The molecule has 5 atom stereocenters. The zero-order chi connectivity index (χ0) is 19.0. The summed E-state index contributed by atoms with van der Waals surface area (Å²) in [6, 6.07) is 0. The topological polar surface area (TPSA) is 149 Å². The number of ether oxygens (including phenoxy) is 4. The van der Waals surface area contributed by atoms with Crippen LogP contribution in [0.4, 0.5) is 0 Å². The van der Waals surface area contributed by atoms with Gasteiger partial charge in [0.1, 0.15) is 24.4 Å². The van der Waals surface area contributed by atoms with Crippen molar-refractivity contribution < 1.29 is 36.7 Å². The molecule has 2 heterocycles. The summed E-state index contributed by atoms with van der Waals surface area (Å²) in [5.74, 6) is -2.09. The van der Waals surface area contributed by atoms with Gasteiger partial charge in [0.25, 0.3) is 10.1 Å². The van der Waals surface area contributed by atoms with Crippen molar-refractivity contribution in [1.29, 1.82) is 0 Å². The minimum absolute atomic E-state index is 0.0534. The minimum atomic E-state index is -3.89. The predicted molar refractivity (Wildman–Crippen MR) is 83.6 cm³/mol. The Kier molecular flexibility index (Phi) is 5.67. The Morgan fingerprint density at radius 1 is 1.20 bits per heavy atom. The van der Waals surface area contributed by atoms with Gasteiger partial charge < -0.3 is 24.1 Å². The molecule has 25 heavy (non-hydrogen) atoms. The maximum atomic E-state index is 11.7. The highest BCUT2D eigenvalue weighted by molar-refractivity contribution is 7.86. The summed E-state index contributed by atoms with van der Waals surface area (Å²) in [5.41, 5.74) is 8.55. The molecule has 0 aromatic rings. The molecule has 2 saturated heterocycles. The second-order valence-electron chi connectivity index (χ2n) is 6.82. The van der Waals surface area contributed by atoms with E-state index in [-0.39, 0.29) is 6.61 Å². The molecule has 2 fully saturated rings. The Morgan fingerprint density at radius 3 is 2.28 bits per heavy atom. The Hall–Kier alpha value is -0.980. The van der Waals surface area contributed by atoms with E-state index in [4.69, 9.17) is 28.7 Å². The predicted octanol–water partition coefficient (Wildman–Crippen LogP) is 0.631. The number of nitrogens with zero attached hydrogens (tertiary/aromatic N) is 3. The Balaban J connectivity index is 2.34. The molecule has 0 aliphatic carbocycles. The van der Waals surface area contributed by atoms with Gasteiger partial charge in [-0.3, -0.25) is 4.18 Å². The highest BCUT2D eigenvalue weighted by Gasteiger charge is 2.53. The van der Waals surface area contributed by atoms with Crippen molar-refractivity contribution >= 4 is 10.1 Å². The van der Waals surface area contributed by atoms with E-state index in [0.717, 1.165) is 6.26 Å². The fraction of sp³-hybridized carbons (Fsp3) is 1.00. The minimum Gasteiger partial charge on any atom is -0.384 e. The Bertz CT molecular complexity index is 646. The molecule has 0 radical (unpaired) electrons. The van der Waals surface area contributed by atoms with Crippen LogP contribution in [-0.2, 0) is 33.2 Å². The van der Waals surface area contributed by atoms with Gasteiger partial charge >= 0.3 is 0 Å². The van der Waals surface area contributed by atoms with Crippen LogP contribution >= 0.6 is 0 Å². The summed E-state index contributed by atoms with van der Waals surface area (Å²) in [4.78, 5) is 2.54. The van der Waals surface area contributed by atoms with Crippen molar-refractivity contribution in [3.8, 4) is 0 Å². The van der Waals surface area contributed by atoms with E-state index in [1.165, 1.54) is 0 Å². The van der Waals surface area contributed by atoms with Crippen molar-refractivity contribution in [3.05, 3.63) is 10.4 Å². The third-order valence-corrected chi connectivity index (χ3v) is 4.21. The van der Waals surface area contributed by atoms with Crippen LogP contribution in [0, 0.1) is 0 Å². The molecule has 2 rings (SSSR count). The van der Waals surface area contributed by atoms with Crippen LogP contribution in [0.3, 0.4) is 0 Å². The molecule has 1 unspecified atom stereocenters. The van der Waals surface area contributed by atoms with E-state index < -0.39 is 52.3 Å². The maximum Gasteiger partial charge on any atom is 0.264 e. The van der Waals surface area contributed by atoms with E-state index in [1.54, 1.807) is 27.7 Å². The lowest BCUT2D eigenvalue weighted by Gasteiger charge is -2.30. The zero-order valence-electron chi connectivity index (χ0n) is 14.6. The van der Waals surface area contributed by atoms with Gasteiger partial charge in [-0.15, -0.1) is 0 Å². The van der Waals surface area contributed by atoms with Gasteiger partial charge in [-0.25, -0.2) is 0 Å². The number of rotatable bonds is 6. The second kappa shape index (κ2) is 6.97. The molecule has 0 bridgehead atoms. The highest BCUT2D eigenvalue weighted by atomic mass is 32.2. The number of aliphatic hydroxyl groups is 1. The van der Waals surface area contributed by atoms with Gasteiger partial charge in [-0.2, -0.15) is 8.42 Å². The lowest BCUT2D eigenvalue weighted by atomic mass is 10.0. The third-order valence-electron chi connectivity index (χ3n) is 3.63. The van der Waals surface area contributed by atoms with Gasteiger partial charge in [-0.05, 0) is 33.2 Å². The summed E-state index contributed by atoms with van der Waals surface area (Å²) < 4.78 is 51.1. The summed E-state index contributed by atoms with van der Waals surface area (Å²) in [7, 11) is -3.89. The molecule has 12 heteroatoms. The monoisotopic (exact) mass is 381 g/mol. The van der Waals surface area contributed by atoms with Crippen LogP contribution in [0.1, 0.15) is 27.7 Å². The molecule has 1 N–H and O–H groups in total. The molecule has 0 spiro atoms. The van der Waals surface area contributed by atoms with Gasteiger partial charge in [0.05, 0.1) is 12.9 Å². The fourth-order valence-electron chi connectivity index (χ4n) is 2.83. The number of hydrogen-bond donors (Lipinski definition) is 1. The average Bonchev–Trinajstić information content (AvgIpc) is 2.95. The van der Waals surface area contributed by atoms with Crippen molar-refractivity contribution in [3.63, 3.8) is 0 Å². The molecule has 0 aromatic heterocycles. The SMILES string of the molecule is CC1(C)O[C@@H]([C@H](OS(C)(=O)=O)[C@H]2COC(C)(C)O2)[C@@H](C(O)N=[N+]=[N-])O1. The largest absolute Gasteiger partial charge is 0.384 e. The van der Waals surface area contributed by atoms with E-state index in [2.05, 4.69) is 10.0 Å². The Morgan fingerprint density at radius 2 is 1.80 bits per heavy atom. The molecule has 0 saturated carbocycles. The van der Waals surface area contributed by atoms with Crippen LogP contribution in [-0.4, -0.2) is 68.6 Å². The quantitative estimate of drug-likeness (QED) is 0.305. The Labute approximate surface area is 145 Å². The first-order chi connectivity index (χ1) is 11.3. The van der Waals surface area contributed by atoms with Crippen molar-refractivity contribution in [2.75, 3.05) is 12.9 Å². The maximum absolute atomic E-state index is 11.7. The smallest absolute Gasteiger partial charge is 0.264 e. The first-order valence-electron chi connectivity index (χ1n) is 7.61. The second-order valence-corrected chi connectivity index (χ2v) is 8.42. The molecule has 0 amide bonds. The lowest BCUT2D eigenvalue weighted by molar-refractivity contribution is -0.174. The first-order valence-corrected chi connectivity index (χ1v) is 9.43. The van der Waals surface area contributed by atoms with Gasteiger partial charge in [-0.1, -0.05) is 5.11 Å². The molecular weight excluding hydrogens is 358 g/mol. The molecule has 144 valence electrons. The first kappa shape index (κ1) is 20.3. The molecule has 11 nitrogen and oxygen atoms in total. The van der Waals surface area contributed by atoms with Crippen molar-refractivity contribution in [2.24, 2.45) is 5.11 Å². The molecule has 0 aromatic carbocycles. The van der Waals surface area contributed by atoms with E-state index in [9.17, 15) is 13.5 Å². The van der Waals surface area contributed by atoms with Crippen LogP contribution in [0.2, 0.25) is 0 Å². The summed E-state index contributed by atoms with van der Waals surface area (Å²) in [6.07, 6.45) is -4.91. The van der Waals surface area contributed by atoms with Crippen LogP contribution < -0.4 is 0 Å².